The number of rotatable bonds is 5. The summed E-state index contributed by atoms with van der Waals surface area (Å²) in [6, 6.07) is 10.2. The van der Waals surface area contributed by atoms with Crippen LogP contribution in [0.25, 0.3) is 0 Å². The topological polar surface area (TPSA) is 21.3 Å². The monoisotopic (exact) mass is 313 g/mol. The van der Waals surface area contributed by atoms with E-state index >= 15 is 0 Å². The molecule has 5 heteroatoms. The highest BCUT2D eigenvalue weighted by molar-refractivity contribution is 6.31. The Labute approximate surface area is 127 Å². The van der Waals surface area contributed by atoms with Crippen molar-refractivity contribution in [2.45, 2.75) is 13.1 Å². The quantitative estimate of drug-likeness (QED) is 0.881. The average Bonchev–Trinajstić information content (AvgIpc) is 2.45. The van der Waals surface area contributed by atoms with Gasteiger partial charge in [0, 0.05) is 23.7 Å². The van der Waals surface area contributed by atoms with Crippen LogP contribution in [0.3, 0.4) is 0 Å². The zero-order valence-electron chi connectivity index (χ0n) is 10.9. The Bertz CT molecular complexity index is 604. The summed E-state index contributed by atoms with van der Waals surface area (Å²) in [6.45, 7) is 0.959. The van der Waals surface area contributed by atoms with E-state index < -0.39 is 5.82 Å². The van der Waals surface area contributed by atoms with Crippen molar-refractivity contribution in [3.8, 4) is 5.75 Å². The first kappa shape index (κ1) is 15.1. The smallest absolute Gasteiger partial charge is 0.142 e. The molecule has 2 aromatic rings. The minimum absolute atomic E-state index is 0.145. The third-order valence-electron chi connectivity index (χ3n) is 2.94. The summed E-state index contributed by atoms with van der Waals surface area (Å²) >= 11 is 12.0. The molecule has 2 aromatic carbocycles. The van der Waals surface area contributed by atoms with Crippen molar-refractivity contribution in [2.24, 2.45) is 0 Å². The van der Waals surface area contributed by atoms with E-state index in [4.69, 9.17) is 27.9 Å². The molecule has 0 atom stereocenters. The second-order valence-corrected chi connectivity index (χ2v) is 5.02. The maximum Gasteiger partial charge on any atom is 0.142 e. The summed E-state index contributed by atoms with van der Waals surface area (Å²) in [5.74, 6) is 0.302. The second kappa shape index (κ2) is 6.93. The van der Waals surface area contributed by atoms with Crippen molar-refractivity contribution in [1.29, 1.82) is 0 Å². The van der Waals surface area contributed by atoms with Crippen LogP contribution in [0.1, 0.15) is 11.1 Å². The van der Waals surface area contributed by atoms with Gasteiger partial charge in [0.15, 0.2) is 0 Å². The van der Waals surface area contributed by atoms with E-state index in [-0.39, 0.29) is 5.02 Å². The van der Waals surface area contributed by atoms with E-state index in [1.54, 1.807) is 25.3 Å². The van der Waals surface area contributed by atoms with Crippen LogP contribution in [0.2, 0.25) is 10.0 Å². The van der Waals surface area contributed by atoms with Crippen molar-refractivity contribution >= 4 is 23.2 Å². The largest absolute Gasteiger partial charge is 0.496 e. The SMILES string of the molecule is COc1cccc(Cl)c1CNCc1cccc(F)c1Cl. The predicted octanol–water partition coefficient (Wildman–Crippen LogP) is 4.43. The van der Waals surface area contributed by atoms with Gasteiger partial charge in [-0.1, -0.05) is 41.4 Å². The lowest BCUT2D eigenvalue weighted by Crippen LogP contribution is -2.14. The summed E-state index contributed by atoms with van der Waals surface area (Å²) in [5, 5.41) is 3.96. The normalized spacial score (nSPS) is 10.6. The van der Waals surface area contributed by atoms with Crippen LogP contribution in [-0.4, -0.2) is 7.11 Å². The molecule has 0 bridgehead atoms. The zero-order valence-corrected chi connectivity index (χ0v) is 12.4. The molecule has 0 radical (unpaired) electrons. The molecule has 0 aliphatic heterocycles. The molecule has 0 aliphatic carbocycles. The maximum absolute atomic E-state index is 13.3. The molecule has 0 unspecified atom stereocenters. The Kier molecular flexibility index (Phi) is 5.24. The van der Waals surface area contributed by atoms with E-state index in [2.05, 4.69) is 5.32 Å². The van der Waals surface area contributed by atoms with E-state index in [9.17, 15) is 4.39 Å². The Hall–Kier alpha value is -1.29. The fraction of sp³-hybridized carbons (Fsp3) is 0.200. The Morgan fingerprint density at radius 2 is 1.85 bits per heavy atom. The van der Waals surface area contributed by atoms with Crippen LogP contribution in [0.15, 0.2) is 36.4 Å². The number of hydrogen-bond donors (Lipinski definition) is 1. The predicted molar refractivity (Wildman–Crippen MR) is 80.0 cm³/mol. The van der Waals surface area contributed by atoms with E-state index in [1.165, 1.54) is 6.07 Å². The number of benzene rings is 2. The van der Waals surface area contributed by atoms with Crippen molar-refractivity contribution < 1.29 is 9.13 Å². The van der Waals surface area contributed by atoms with Crippen LogP contribution in [-0.2, 0) is 13.1 Å². The van der Waals surface area contributed by atoms with Gasteiger partial charge in [-0.25, -0.2) is 4.39 Å². The van der Waals surface area contributed by atoms with Gasteiger partial charge >= 0.3 is 0 Å². The molecular weight excluding hydrogens is 300 g/mol. The third-order valence-corrected chi connectivity index (χ3v) is 3.72. The van der Waals surface area contributed by atoms with Crippen molar-refractivity contribution in [3.05, 3.63) is 63.4 Å². The van der Waals surface area contributed by atoms with E-state index in [0.717, 1.165) is 11.3 Å². The van der Waals surface area contributed by atoms with Crippen molar-refractivity contribution in [3.63, 3.8) is 0 Å². The van der Waals surface area contributed by atoms with Crippen LogP contribution in [0, 0.1) is 5.82 Å². The molecule has 106 valence electrons. The molecule has 0 aliphatic rings. The molecule has 0 spiro atoms. The number of ether oxygens (including phenoxy) is 1. The summed E-state index contributed by atoms with van der Waals surface area (Å²) in [4.78, 5) is 0. The van der Waals surface area contributed by atoms with Gasteiger partial charge in [0.1, 0.15) is 11.6 Å². The average molecular weight is 314 g/mol. The minimum Gasteiger partial charge on any atom is -0.496 e. The van der Waals surface area contributed by atoms with Gasteiger partial charge in [-0.15, -0.1) is 0 Å². The summed E-state index contributed by atoms with van der Waals surface area (Å²) in [7, 11) is 1.60. The number of halogens is 3. The molecule has 0 saturated heterocycles. The molecule has 0 aromatic heterocycles. The fourth-order valence-corrected chi connectivity index (χ4v) is 2.33. The van der Waals surface area contributed by atoms with Gasteiger partial charge in [0.25, 0.3) is 0 Å². The Balaban J connectivity index is 2.05. The van der Waals surface area contributed by atoms with Gasteiger partial charge in [-0.3, -0.25) is 0 Å². The van der Waals surface area contributed by atoms with Gasteiger partial charge in [-0.2, -0.15) is 0 Å². The van der Waals surface area contributed by atoms with Crippen molar-refractivity contribution in [2.75, 3.05) is 7.11 Å². The summed E-state index contributed by atoms with van der Waals surface area (Å²) in [6.07, 6.45) is 0. The lowest BCUT2D eigenvalue weighted by atomic mass is 10.1. The van der Waals surface area contributed by atoms with Crippen LogP contribution in [0.5, 0.6) is 5.75 Å². The first-order valence-electron chi connectivity index (χ1n) is 6.08. The first-order chi connectivity index (χ1) is 9.63. The molecule has 1 N–H and O–H groups in total. The minimum atomic E-state index is -0.415. The summed E-state index contributed by atoms with van der Waals surface area (Å²) in [5.41, 5.74) is 1.57. The van der Waals surface area contributed by atoms with Crippen LogP contribution in [0.4, 0.5) is 4.39 Å². The second-order valence-electron chi connectivity index (χ2n) is 4.24. The molecule has 0 amide bonds. The highest BCUT2D eigenvalue weighted by Crippen LogP contribution is 2.26. The van der Waals surface area contributed by atoms with Gasteiger partial charge < -0.3 is 10.1 Å². The third kappa shape index (κ3) is 3.42. The molecular formula is C15H14Cl2FNO. The van der Waals surface area contributed by atoms with Gasteiger partial charge in [-0.05, 0) is 23.8 Å². The Morgan fingerprint density at radius 1 is 1.10 bits per heavy atom. The highest BCUT2D eigenvalue weighted by Gasteiger charge is 2.09. The molecule has 0 heterocycles. The highest BCUT2D eigenvalue weighted by atomic mass is 35.5. The lowest BCUT2D eigenvalue weighted by Gasteiger charge is -2.12. The molecule has 0 fully saturated rings. The molecule has 2 nitrogen and oxygen atoms in total. The van der Waals surface area contributed by atoms with Crippen molar-refractivity contribution in [1.82, 2.24) is 5.32 Å². The van der Waals surface area contributed by atoms with E-state index in [1.807, 2.05) is 12.1 Å². The first-order valence-corrected chi connectivity index (χ1v) is 6.84. The molecule has 20 heavy (non-hydrogen) atoms. The van der Waals surface area contributed by atoms with Crippen LogP contribution >= 0.6 is 23.2 Å². The van der Waals surface area contributed by atoms with Gasteiger partial charge in [0.2, 0.25) is 0 Å². The summed E-state index contributed by atoms with van der Waals surface area (Å²) < 4.78 is 18.6. The molecule has 2 rings (SSSR count). The Morgan fingerprint density at radius 3 is 2.60 bits per heavy atom. The number of hydrogen-bond acceptors (Lipinski definition) is 2. The fourth-order valence-electron chi connectivity index (χ4n) is 1.91. The number of methoxy groups -OCH3 is 1. The lowest BCUT2D eigenvalue weighted by molar-refractivity contribution is 0.407. The number of nitrogens with one attached hydrogen (secondary N) is 1. The van der Waals surface area contributed by atoms with Crippen LogP contribution < -0.4 is 10.1 Å². The molecule has 0 saturated carbocycles. The van der Waals surface area contributed by atoms with E-state index in [0.29, 0.717) is 23.7 Å². The zero-order chi connectivity index (χ0) is 14.5. The van der Waals surface area contributed by atoms with Gasteiger partial charge in [0.05, 0.1) is 12.1 Å². The standard InChI is InChI=1S/C15H14Cl2FNO/c1-20-14-7-3-5-12(16)11(14)9-19-8-10-4-2-6-13(18)15(10)17/h2-7,19H,8-9H2,1H3. The maximum atomic E-state index is 13.3.